The van der Waals surface area contributed by atoms with E-state index in [1.54, 1.807) is 54.6 Å². The number of hydrogen-bond donors (Lipinski definition) is 3. The molecule has 3 N–H and O–H groups in total. The molecule has 38 heavy (non-hydrogen) atoms. The number of benzene rings is 2. The molecule has 2 heterocycles. The number of nitrogens with one attached hydrogen (secondary N) is 2. The molecule has 2 saturated heterocycles. The van der Waals surface area contributed by atoms with E-state index < -0.39 is 33.6 Å². The molecule has 0 spiro atoms. The summed E-state index contributed by atoms with van der Waals surface area (Å²) >= 11 is 2.95. The van der Waals surface area contributed by atoms with E-state index in [4.69, 9.17) is 4.74 Å². The number of carbonyl (C=O) groups is 4. The first-order valence-corrected chi connectivity index (χ1v) is 14.7. The van der Waals surface area contributed by atoms with Gasteiger partial charge in [0.2, 0.25) is 0 Å². The Morgan fingerprint density at radius 1 is 1.00 bits per heavy atom. The summed E-state index contributed by atoms with van der Waals surface area (Å²) in [6, 6.07) is 16.5. The van der Waals surface area contributed by atoms with Crippen molar-refractivity contribution >= 4 is 47.1 Å². The van der Waals surface area contributed by atoms with Crippen LogP contribution in [0.4, 0.5) is 0 Å². The summed E-state index contributed by atoms with van der Waals surface area (Å²) in [5.74, 6) is -0.976. The Labute approximate surface area is 229 Å². The lowest BCUT2D eigenvalue weighted by atomic mass is 9.61. The minimum absolute atomic E-state index is 0.202. The topological polar surface area (TPSA) is 122 Å². The molecule has 0 unspecified atom stereocenters. The summed E-state index contributed by atoms with van der Waals surface area (Å²) in [7, 11) is 1.34. The van der Waals surface area contributed by atoms with E-state index in [-0.39, 0.29) is 35.8 Å². The van der Waals surface area contributed by atoms with Crippen molar-refractivity contribution in [2.75, 3.05) is 18.6 Å². The molecular formula is C28H30N2O6S2. The average molecular weight is 555 g/mol. The van der Waals surface area contributed by atoms with Crippen LogP contribution in [-0.2, 0) is 14.3 Å². The van der Waals surface area contributed by atoms with E-state index in [0.29, 0.717) is 29.7 Å². The molecule has 2 amide bonds. The van der Waals surface area contributed by atoms with Crippen LogP contribution < -0.4 is 10.6 Å². The normalized spacial score (nSPS) is 31.4. The van der Waals surface area contributed by atoms with Crippen molar-refractivity contribution in [3.63, 3.8) is 0 Å². The van der Waals surface area contributed by atoms with Gasteiger partial charge in [0.05, 0.1) is 18.4 Å². The van der Waals surface area contributed by atoms with Crippen molar-refractivity contribution in [1.82, 2.24) is 10.6 Å². The number of esters is 1. The fraction of sp³-hybridized carbons (Fsp3) is 0.429. The Hall–Kier alpha value is -2.82. The smallest absolute Gasteiger partial charge is 0.305 e. The highest BCUT2D eigenvalue weighted by molar-refractivity contribution is 8.02. The van der Waals surface area contributed by atoms with Gasteiger partial charge in [0.15, 0.2) is 5.78 Å². The fourth-order valence-corrected chi connectivity index (χ4v) is 9.72. The maximum Gasteiger partial charge on any atom is 0.305 e. The van der Waals surface area contributed by atoms with E-state index in [1.807, 2.05) is 6.07 Å². The lowest BCUT2D eigenvalue weighted by Gasteiger charge is -2.52. The second-order valence-electron chi connectivity index (χ2n) is 9.92. The Balaban J connectivity index is 1.49. The van der Waals surface area contributed by atoms with Crippen molar-refractivity contribution in [2.45, 2.75) is 46.9 Å². The van der Waals surface area contributed by atoms with Crippen LogP contribution in [0.15, 0.2) is 60.7 Å². The first-order valence-electron chi connectivity index (χ1n) is 12.6. The highest BCUT2D eigenvalue weighted by atomic mass is 32.2. The number of Topliss-reactive ketones (excluding diaryl/α,β-unsaturated/α-hetero) is 1. The van der Waals surface area contributed by atoms with Crippen LogP contribution in [0.5, 0.6) is 0 Å². The lowest BCUT2D eigenvalue weighted by Crippen LogP contribution is -2.80. The molecule has 2 aliphatic heterocycles. The zero-order valence-electron chi connectivity index (χ0n) is 20.9. The Kier molecular flexibility index (Phi) is 7.57. The van der Waals surface area contributed by atoms with Crippen LogP contribution >= 0.6 is 23.5 Å². The largest absolute Gasteiger partial charge is 0.469 e. The molecule has 3 aliphatic rings. The number of ketones is 1. The third-order valence-corrected chi connectivity index (χ3v) is 11.0. The molecule has 1 aliphatic carbocycles. The van der Waals surface area contributed by atoms with Crippen LogP contribution in [0.25, 0.3) is 0 Å². The van der Waals surface area contributed by atoms with Crippen LogP contribution in [0.1, 0.15) is 40.0 Å². The zero-order chi connectivity index (χ0) is 26.9. The van der Waals surface area contributed by atoms with Crippen molar-refractivity contribution in [3.8, 4) is 0 Å². The summed E-state index contributed by atoms with van der Waals surface area (Å²) in [4.78, 5) is 52.3. The van der Waals surface area contributed by atoms with Gasteiger partial charge in [0, 0.05) is 34.3 Å². The maximum absolute atomic E-state index is 14.1. The molecule has 6 atom stereocenters. The van der Waals surface area contributed by atoms with Crippen LogP contribution in [0.3, 0.4) is 0 Å². The molecule has 0 radical (unpaired) electrons. The molecule has 5 rings (SSSR count). The van der Waals surface area contributed by atoms with Gasteiger partial charge in [0.25, 0.3) is 11.8 Å². The molecular weight excluding hydrogens is 524 g/mol. The predicted octanol–water partition coefficient (Wildman–Crippen LogP) is 2.46. The Morgan fingerprint density at radius 3 is 2.26 bits per heavy atom. The number of amides is 2. The second-order valence-corrected chi connectivity index (χ2v) is 12.2. The number of rotatable bonds is 8. The number of carbonyl (C=O) groups excluding carboxylic acids is 4. The van der Waals surface area contributed by atoms with Crippen LogP contribution in [-0.4, -0.2) is 75.0 Å². The van der Waals surface area contributed by atoms with E-state index >= 15 is 0 Å². The fourth-order valence-electron chi connectivity index (χ4n) is 5.96. The quantitative estimate of drug-likeness (QED) is 0.426. The third kappa shape index (κ3) is 4.42. The van der Waals surface area contributed by atoms with Crippen molar-refractivity contribution in [3.05, 3.63) is 71.8 Å². The summed E-state index contributed by atoms with van der Waals surface area (Å²) in [6.45, 7) is 0. The third-order valence-electron chi connectivity index (χ3n) is 7.88. The second kappa shape index (κ2) is 10.7. The minimum Gasteiger partial charge on any atom is -0.469 e. The highest BCUT2D eigenvalue weighted by Gasteiger charge is 2.75. The van der Waals surface area contributed by atoms with E-state index in [0.717, 1.165) is 0 Å². The molecule has 1 saturated carbocycles. The molecule has 8 nitrogen and oxygen atoms in total. The van der Waals surface area contributed by atoms with Gasteiger partial charge in [-0.2, -0.15) is 11.8 Å². The zero-order valence-corrected chi connectivity index (χ0v) is 22.6. The number of methoxy groups -OCH3 is 1. The van der Waals surface area contributed by atoms with Gasteiger partial charge in [-0.3, -0.25) is 19.2 Å². The lowest BCUT2D eigenvalue weighted by molar-refractivity contribution is -0.145. The minimum atomic E-state index is -1.72. The molecule has 0 aromatic heterocycles. The van der Waals surface area contributed by atoms with Crippen molar-refractivity contribution < 1.29 is 29.0 Å². The van der Waals surface area contributed by atoms with E-state index in [1.165, 1.54) is 30.6 Å². The van der Waals surface area contributed by atoms with Gasteiger partial charge in [-0.25, -0.2) is 0 Å². The van der Waals surface area contributed by atoms with E-state index in [2.05, 4.69) is 10.6 Å². The van der Waals surface area contributed by atoms with Gasteiger partial charge in [-0.1, -0.05) is 36.4 Å². The summed E-state index contributed by atoms with van der Waals surface area (Å²) < 4.78 is 4.77. The van der Waals surface area contributed by atoms with Gasteiger partial charge >= 0.3 is 5.97 Å². The Morgan fingerprint density at radius 2 is 1.63 bits per heavy atom. The standard InChI is InChI=1S/C28H30N2O6S2/c1-36-21(31)14-8-13-19-22-23(32)27(16-38-22,30-26(34)18-11-6-3-7-12-18)28(35)20(15-37-24(19)28)29-25(33)17-9-4-2-5-10-17/h2-7,9-12,19-20,22,24,35H,8,13-16H2,1H3,(H,29,33)(H,30,34)/t19-,20+,22-,24-,27+,28+/m0/s1. The number of fused-ring (bicyclic) bond motifs is 4. The maximum atomic E-state index is 14.1. The number of aliphatic hydroxyl groups is 1. The number of hydrogen-bond acceptors (Lipinski definition) is 8. The summed E-state index contributed by atoms with van der Waals surface area (Å²) in [6.07, 6.45) is 1.28. The first kappa shape index (κ1) is 26.8. The van der Waals surface area contributed by atoms with Gasteiger partial charge in [-0.15, -0.1) is 11.8 Å². The van der Waals surface area contributed by atoms with Crippen molar-refractivity contribution in [1.29, 1.82) is 0 Å². The molecule has 2 aromatic carbocycles. The number of thioether (sulfide) groups is 2. The highest BCUT2D eigenvalue weighted by Crippen LogP contribution is 2.59. The molecule has 10 heteroatoms. The molecule has 200 valence electrons. The molecule has 2 bridgehead atoms. The first-order chi connectivity index (χ1) is 18.3. The number of ether oxygens (including phenoxy) is 1. The van der Waals surface area contributed by atoms with Gasteiger partial charge < -0.3 is 20.5 Å². The summed E-state index contributed by atoms with van der Waals surface area (Å²) in [5, 5.41) is 17.7. The monoisotopic (exact) mass is 554 g/mol. The van der Waals surface area contributed by atoms with Gasteiger partial charge in [0.1, 0.15) is 11.1 Å². The summed E-state index contributed by atoms with van der Waals surface area (Å²) in [5.41, 5.74) is -2.45. The average Bonchev–Trinajstić information content (AvgIpc) is 3.42. The molecule has 3 fully saturated rings. The van der Waals surface area contributed by atoms with Crippen LogP contribution in [0.2, 0.25) is 0 Å². The SMILES string of the molecule is COC(=O)CCC[C@H]1[C@@H]2SC[C@@](NC(=O)c3ccccc3)(C2=O)[C@@]2(O)[C@H](NC(=O)c3ccccc3)CS[C@@H]12. The molecule has 2 aromatic rings. The van der Waals surface area contributed by atoms with E-state index in [9.17, 15) is 24.3 Å². The van der Waals surface area contributed by atoms with Crippen molar-refractivity contribution in [2.24, 2.45) is 5.92 Å². The Bertz CT molecular complexity index is 1230. The van der Waals surface area contributed by atoms with Gasteiger partial charge in [-0.05, 0) is 43.0 Å². The predicted molar refractivity (Wildman–Crippen MR) is 146 cm³/mol. The van der Waals surface area contributed by atoms with Crippen LogP contribution in [0, 0.1) is 5.92 Å².